The number of nitrogens with zero attached hydrogens (tertiary/aromatic N) is 1. The molecule has 2 aliphatic rings. The van der Waals surface area contributed by atoms with Crippen LogP contribution < -0.4 is 5.32 Å². The van der Waals surface area contributed by atoms with Gasteiger partial charge in [0.15, 0.2) is 9.84 Å². The second-order valence-electron chi connectivity index (χ2n) is 5.51. The van der Waals surface area contributed by atoms with Crippen molar-refractivity contribution in [2.45, 2.75) is 6.04 Å². The van der Waals surface area contributed by atoms with E-state index < -0.39 is 21.8 Å². The summed E-state index contributed by atoms with van der Waals surface area (Å²) in [7, 11) is -3.25. The Hall–Kier alpha value is -1.97. The van der Waals surface area contributed by atoms with E-state index in [-0.39, 0.29) is 18.2 Å². The molecule has 1 fully saturated rings. The zero-order valence-electron chi connectivity index (χ0n) is 12.9. The third-order valence-corrected chi connectivity index (χ3v) is 6.32. The Morgan fingerprint density at radius 2 is 2.08 bits per heavy atom. The largest absolute Gasteiger partial charge is 0.347 e. The summed E-state index contributed by atoms with van der Waals surface area (Å²) in [4.78, 5) is 26.2. The van der Waals surface area contributed by atoms with Crippen LogP contribution in [0.4, 0.5) is 0 Å². The van der Waals surface area contributed by atoms with Crippen LogP contribution in [-0.4, -0.2) is 47.8 Å². The van der Waals surface area contributed by atoms with Crippen LogP contribution in [0.25, 0.3) is 6.08 Å². The van der Waals surface area contributed by atoms with Gasteiger partial charge in [0.1, 0.15) is 10.9 Å². The quantitative estimate of drug-likeness (QED) is 0.613. The molecule has 0 saturated carbocycles. The lowest BCUT2D eigenvalue weighted by atomic mass is 10.2. The standard InChI is InChI=1S/C16H14N2O4S3/c19-14(17-12-6-7-25(21,22)10-12)9-18-15(20)13(24-16(18)23)8-11-4-2-1-3-5-11/h1-8,12H,9-10H2,(H,17,19)/b13-8+. The monoisotopic (exact) mass is 394 g/mol. The van der Waals surface area contributed by atoms with E-state index in [4.69, 9.17) is 12.2 Å². The van der Waals surface area contributed by atoms with Crippen LogP contribution in [-0.2, 0) is 19.4 Å². The summed E-state index contributed by atoms with van der Waals surface area (Å²) >= 11 is 6.33. The fourth-order valence-electron chi connectivity index (χ4n) is 2.40. The predicted molar refractivity (Wildman–Crippen MR) is 101 cm³/mol. The van der Waals surface area contributed by atoms with Crippen molar-refractivity contribution in [3.05, 3.63) is 52.3 Å². The van der Waals surface area contributed by atoms with Crippen molar-refractivity contribution in [3.63, 3.8) is 0 Å². The molecule has 130 valence electrons. The molecule has 9 heteroatoms. The Bertz CT molecular complexity index is 891. The van der Waals surface area contributed by atoms with E-state index in [1.165, 1.54) is 11.0 Å². The molecule has 2 amide bonds. The summed E-state index contributed by atoms with van der Waals surface area (Å²) in [6.07, 6.45) is 3.15. The highest BCUT2D eigenvalue weighted by Crippen LogP contribution is 2.32. The lowest BCUT2D eigenvalue weighted by molar-refractivity contribution is -0.128. The van der Waals surface area contributed by atoms with Gasteiger partial charge in [-0.2, -0.15) is 0 Å². The molecule has 0 bridgehead atoms. The Labute approximate surface area is 154 Å². The van der Waals surface area contributed by atoms with E-state index in [1.807, 2.05) is 30.3 Å². The predicted octanol–water partition coefficient (Wildman–Crippen LogP) is 1.31. The molecule has 3 rings (SSSR count). The van der Waals surface area contributed by atoms with E-state index in [0.29, 0.717) is 9.23 Å². The average molecular weight is 394 g/mol. The Morgan fingerprint density at radius 1 is 1.36 bits per heavy atom. The fourth-order valence-corrected chi connectivity index (χ4v) is 4.89. The maximum atomic E-state index is 12.5. The first-order chi connectivity index (χ1) is 11.8. The number of rotatable bonds is 4. The number of benzene rings is 1. The van der Waals surface area contributed by atoms with Crippen LogP contribution in [0.3, 0.4) is 0 Å². The van der Waals surface area contributed by atoms with Gasteiger partial charge in [-0.15, -0.1) is 0 Å². The first kappa shape index (κ1) is 17.8. The van der Waals surface area contributed by atoms with E-state index >= 15 is 0 Å². The molecule has 1 saturated heterocycles. The number of amides is 2. The van der Waals surface area contributed by atoms with E-state index in [0.717, 1.165) is 22.7 Å². The molecule has 0 aromatic heterocycles. The highest BCUT2D eigenvalue weighted by Gasteiger charge is 2.34. The zero-order valence-corrected chi connectivity index (χ0v) is 15.4. The lowest BCUT2D eigenvalue weighted by Crippen LogP contribution is -2.43. The van der Waals surface area contributed by atoms with Gasteiger partial charge in [0.25, 0.3) is 5.91 Å². The molecule has 2 aliphatic heterocycles. The van der Waals surface area contributed by atoms with Crippen molar-refractivity contribution in [1.29, 1.82) is 0 Å². The third kappa shape index (κ3) is 4.36. The lowest BCUT2D eigenvalue weighted by Gasteiger charge is -2.16. The van der Waals surface area contributed by atoms with Gasteiger partial charge in [-0.1, -0.05) is 54.3 Å². The topological polar surface area (TPSA) is 83.6 Å². The first-order valence-electron chi connectivity index (χ1n) is 7.35. The summed E-state index contributed by atoms with van der Waals surface area (Å²) < 4.78 is 23.0. The number of sulfone groups is 1. The van der Waals surface area contributed by atoms with Crippen LogP contribution >= 0.6 is 24.0 Å². The number of carbonyl (C=O) groups is 2. The van der Waals surface area contributed by atoms with Gasteiger partial charge >= 0.3 is 0 Å². The molecule has 1 atom stereocenters. The number of hydrogen-bond acceptors (Lipinski definition) is 6. The highest BCUT2D eigenvalue weighted by atomic mass is 32.2. The van der Waals surface area contributed by atoms with Gasteiger partial charge in [0.2, 0.25) is 5.91 Å². The molecule has 0 aliphatic carbocycles. The molecule has 1 aromatic carbocycles. The molecule has 2 heterocycles. The number of nitrogens with one attached hydrogen (secondary N) is 1. The SMILES string of the molecule is O=C(CN1C(=O)/C(=C\c2ccccc2)SC1=S)NC1C=CS(=O)(=O)C1. The molecular weight excluding hydrogens is 380 g/mol. The Morgan fingerprint density at radius 3 is 2.72 bits per heavy atom. The van der Waals surface area contributed by atoms with Crippen molar-refractivity contribution in [2.24, 2.45) is 0 Å². The maximum Gasteiger partial charge on any atom is 0.266 e. The molecule has 1 N–H and O–H groups in total. The smallest absolute Gasteiger partial charge is 0.266 e. The maximum absolute atomic E-state index is 12.5. The average Bonchev–Trinajstić information content (AvgIpc) is 3.02. The van der Waals surface area contributed by atoms with Crippen LogP contribution in [0.5, 0.6) is 0 Å². The van der Waals surface area contributed by atoms with Crippen molar-refractivity contribution in [2.75, 3.05) is 12.3 Å². The molecule has 25 heavy (non-hydrogen) atoms. The van der Waals surface area contributed by atoms with Gasteiger partial charge in [-0.25, -0.2) is 8.42 Å². The van der Waals surface area contributed by atoms with Crippen LogP contribution in [0.1, 0.15) is 5.56 Å². The summed E-state index contributed by atoms with van der Waals surface area (Å²) in [5.74, 6) is -0.946. The first-order valence-corrected chi connectivity index (χ1v) is 10.3. The minimum absolute atomic E-state index is 0.162. The zero-order chi connectivity index (χ0) is 18.0. The minimum atomic E-state index is -3.25. The summed E-state index contributed by atoms with van der Waals surface area (Å²) in [5, 5.41) is 3.66. The van der Waals surface area contributed by atoms with Gasteiger partial charge in [0, 0.05) is 5.41 Å². The van der Waals surface area contributed by atoms with Crippen molar-refractivity contribution in [3.8, 4) is 0 Å². The van der Waals surface area contributed by atoms with Crippen LogP contribution in [0, 0.1) is 0 Å². The molecule has 0 radical (unpaired) electrons. The van der Waals surface area contributed by atoms with Crippen molar-refractivity contribution < 1.29 is 18.0 Å². The normalized spacial score (nSPS) is 23.4. The number of thioether (sulfide) groups is 1. The minimum Gasteiger partial charge on any atom is -0.347 e. The molecule has 1 aromatic rings. The summed E-state index contributed by atoms with van der Waals surface area (Å²) in [6.45, 7) is -0.235. The second kappa shape index (κ2) is 7.11. The van der Waals surface area contributed by atoms with Gasteiger partial charge in [-0.3, -0.25) is 14.5 Å². The van der Waals surface area contributed by atoms with E-state index in [2.05, 4.69) is 5.32 Å². The van der Waals surface area contributed by atoms with Gasteiger partial charge < -0.3 is 5.32 Å². The molecular formula is C16H14N2O4S3. The Kier molecular flexibility index (Phi) is 5.07. The summed E-state index contributed by atoms with van der Waals surface area (Å²) in [5.41, 5.74) is 0.869. The van der Waals surface area contributed by atoms with E-state index in [1.54, 1.807) is 6.08 Å². The molecule has 0 spiro atoms. The third-order valence-electron chi connectivity index (χ3n) is 3.55. The van der Waals surface area contributed by atoms with Crippen molar-refractivity contribution >= 4 is 56.0 Å². The fraction of sp³-hybridized carbons (Fsp3) is 0.188. The number of carbonyl (C=O) groups excluding carboxylic acids is 2. The van der Waals surface area contributed by atoms with Crippen LogP contribution in [0.15, 0.2) is 46.7 Å². The van der Waals surface area contributed by atoms with Gasteiger partial charge in [0.05, 0.1) is 16.7 Å². The summed E-state index contributed by atoms with van der Waals surface area (Å²) in [6, 6.07) is 8.77. The molecule has 6 nitrogen and oxygen atoms in total. The highest BCUT2D eigenvalue weighted by molar-refractivity contribution is 8.26. The van der Waals surface area contributed by atoms with Crippen LogP contribution in [0.2, 0.25) is 0 Å². The number of thiocarbonyl (C=S) groups is 1. The Balaban J connectivity index is 1.64. The number of hydrogen-bond donors (Lipinski definition) is 1. The second-order valence-corrected chi connectivity index (χ2v) is 9.12. The van der Waals surface area contributed by atoms with Gasteiger partial charge in [-0.05, 0) is 17.7 Å². The van der Waals surface area contributed by atoms with Crippen molar-refractivity contribution in [1.82, 2.24) is 10.2 Å². The molecule has 1 unspecified atom stereocenters. The van der Waals surface area contributed by atoms with E-state index in [9.17, 15) is 18.0 Å².